The highest BCUT2D eigenvalue weighted by Crippen LogP contribution is 2.21. The van der Waals surface area contributed by atoms with Crippen LogP contribution >= 0.6 is 0 Å². The predicted octanol–water partition coefficient (Wildman–Crippen LogP) is 3.88. The molecule has 0 radical (unpaired) electrons. The van der Waals surface area contributed by atoms with Gasteiger partial charge in [0, 0.05) is 18.3 Å². The fourth-order valence-corrected chi connectivity index (χ4v) is 2.78. The van der Waals surface area contributed by atoms with E-state index in [0.29, 0.717) is 6.04 Å². The lowest BCUT2D eigenvalue weighted by Crippen LogP contribution is -2.18. The summed E-state index contributed by atoms with van der Waals surface area (Å²) in [6.45, 7) is 1.01. The highest BCUT2D eigenvalue weighted by Gasteiger charge is 2.11. The average molecular weight is 246 g/mol. The summed E-state index contributed by atoms with van der Waals surface area (Å²) < 4.78 is 0. The van der Waals surface area contributed by atoms with Crippen molar-refractivity contribution >= 4 is 5.69 Å². The fourth-order valence-electron chi connectivity index (χ4n) is 2.78. The molecule has 18 heavy (non-hydrogen) atoms. The minimum Gasteiger partial charge on any atom is -0.382 e. The van der Waals surface area contributed by atoms with Crippen molar-refractivity contribution in [3.8, 4) is 0 Å². The molecule has 0 saturated heterocycles. The molecule has 0 heterocycles. The van der Waals surface area contributed by atoms with Crippen molar-refractivity contribution < 1.29 is 0 Å². The number of benzene rings is 1. The van der Waals surface area contributed by atoms with Gasteiger partial charge in [-0.3, -0.25) is 0 Å². The lowest BCUT2D eigenvalue weighted by Gasteiger charge is -2.18. The van der Waals surface area contributed by atoms with Crippen molar-refractivity contribution in [3.63, 3.8) is 0 Å². The van der Waals surface area contributed by atoms with Crippen molar-refractivity contribution in [2.24, 2.45) is 0 Å². The zero-order valence-corrected chi connectivity index (χ0v) is 11.8. The smallest absolute Gasteiger partial charge is 0.0345 e. The van der Waals surface area contributed by atoms with Crippen molar-refractivity contribution in [2.45, 2.75) is 51.1 Å². The van der Waals surface area contributed by atoms with Gasteiger partial charge in [-0.2, -0.15) is 0 Å². The number of nitrogens with one attached hydrogen (secondary N) is 1. The first-order valence-electron chi connectivity index (χ1n) is 7.24. The van der Waals surface area contributed by atoms with E-state index in [1.807, 2.05) is 0 Å². The van der Waals surface area contributed by atoms with Gasteiger partial charge in [0.25, 0.3) is 0 Å². The number of hydrogen-bond acceptors (Lipinski definition) is 2. The van der Waals surface area contributed by atoms with Gasteiger partial charge in [-0.1, -0.05) is 37.8 Å². The van der Waals surface area contributed by atoms with E-state index in [1.165, 1.54) is 49.8 Å². The number of rotatable bonds is 4. The largest absolute Gasteiger partial charge is 0.382 e. The maximum Gasteiger partial charge on any atom is 0.0345 e. The molecule has 0 aliphatic heterocycles. The predicted molar refractivity (Wildman–Crippen MR) is 78.9 cm³/mol. The van der Waals surface area contributed by atoms with E-state index >= 15 is 0 Å². The van der Waals surface area contributed by atoms with Crippen LogP contribution in [-0.2, 0) is 6.54 Å². The Morgan fingerprint density at radius 3 is 2.50 bits per heavy atom. The normalized spacial score (nSPS) is 17.7. The molecule has 0 bridgehead atoms. The van der Waals surface area contributed by atoms with Gasteiger partial charge in [-0.25, -0.2) is 0 Å². The second-order valence-electron chi connectivity index (χ2n) is 5.77. The number of anilines is 1. The Balaban J connectivity index is 1.95. The standard InChI is InChI=1S/C16H26N2/c1-18(2)13-14-8-7-11-16(12-14)17-15-9-5-3-4-6-10-15/h7-8,11-12,15,17H,3-6,9-10,13H2,1-2H3. The average Bonchev–Trinajstić information content (AvgIpc) is 2.57. The topological polar surface area (TPSA) is 15.3 Å². The van der Waals surface area contributed by atoms with Crippen molar-refractivity contribution in [1.29, 1.82) is 0 Å². The Bertz CT molecular complexity index is 352. The first-order valence-corrected chi connectivity index (χ1v) is 7.24. The summed E-state index contributed by atoms with van der Waals surface area (Å²) in [5, 5.41) is 3.72. The van der Waals surface area contributed by atoms with Crippen LogP contribution in [0.5, 0.6) is 0 Å². The maximum atomic E-state index is 3.72. The molecule has 2 nitrogen and oxygen atoms in total. The molecule has 1 saturated carbocycles. The van der Waals surface area contributed by atoms with Crippen molar-refractivity contribution in [2.75, 3.05) is 19.4 Å². The molecule has 0 unspecified atom stereocenters. The van der Waals surface area contributed by atoms with Crippen LogP contribution < -0.4 is 5.32 Å². The molecular formula is C16H26N2. The highest BCUT2D eigenvalue weighted by molar-refractivity contribution is 5.46. The van der Waals surface area contributed by atoms with Gasteiger partial charge in [0.15, 0.2) is 0 Å². The van der Waals surface area contributed by atoms with Gasteiger partial charge in [-0.15, -0.1) is 0 Å². The second-order valence-corrected chi connectivity index (χ2v) is 5.77. The first-order chi connectivity index (χ1) is 8.74. The molecular weight excluding hydrogens is 220 g/mol. The van der Waals surface area contributed by atoms with Crippen LogP contribution in [0.2, 0.25) is 0 Å². The molecule has 1 fully saturated rings. The Morgan fingerprint density at radius 1 is 1.11 bits per heavy atom. The summed E-state index contributed by atoms with van der Waals surface area (Å²) in [4.78, 5) is 2.21. The molecule has 1 aromatic rings. The van der Waals surface area contributed by atoms with Gasteiger partial charge < -0.3 is 10.2 Å². The van der Waals surface area contributed by atoms with E-state index in [0.717, 1.165) is 6.54 Å². The maximum absolute atomic E-state index is 3.72. The number of nitrogens with zero attached hydrogens (tertiary/aromatic N) is 1. The zero-order valence-electron chi connectivity index (χ0n) is 11.8. The lowest BCUT2D eigenvalue weighted by molar-refractivity contribution is 0.402. The van der Waals surface area contributed by atoms with Gasteiger partial charge in [-0.05, 0) is 44.6 Å². The third-order valence-corrected chi connectivity index (χ3v) is 3.65. The monoisotopic (exact) mass is 246 g/mol. The van der Waals surface area contributed by atoms with Crippen LogP contribution in [0.25, 0.3) is 0 Å². The molecule has 2 heteroatoms. The molecule has 0 spiro atoms. The summed E-state index contributed by atoms with van der Waals surface area (Å²) in [6.07, 6.45) is 8.26. The summed E-state index contributed by atoms with van der Waals surface area (Å²) in [7, 11) is 4.23. The summed E-state index contributed by atoms with van der Waals surface area (Å²) in [6, 6.07) is 9.55. The summed E-state index contributed by atoms with van der Waals surface area (Å²) in [5.74, 6) is 0. The quantitative estimate of drug-likeness (QED) is 0.811. The summed E-state index contributed by atoms with van der Waals surface area (Å²) >= 11 is 0. The van der Waals surface area contributed by atoms with Crippen LogP contribution in [0.1, 0.15) is 44.1 Å². The van der Waals surface area contributed by atoms with E-state index < -0.39 is 0 Å². The molecule has 0 atom stereocenters. The molecule has 1 N–H and O–H groups in total. The Kier molecular flexibility index (Phi) is 5.06. The molecule has 100 valence electrons. The van der Waals surface area contributed by atoms with Gasteiger partial charge in [0.05, 0.1) is 0 Å². The first kappa shape index (κ1) is 13.4. The Labute approximate surface area is 111 Å². The van der Waals surface area contributed by atoms with E-state index in [-0.39, 0.29) is 0 Å². The third kappa shape index (κ3) is 4.34. The highest BCUT2D eigenvalue weighted by atomic mass is 15.0. The molecule has 1 aliphatic carbocycles. The molecule has 0 aromatic heterocycles. The minimum atomic E-state index is 0.683. The zero-order chi connectivity index (χ0) is 12.8. The molecule has 2 rings (SSSR count). The van der Waals surface area contributed by atoms with Crippen LogP contribution in [0.15, 0.2) is 24.3 Å². The number of hydrogen-bond donors (Lipinski definition) is 1. The minimum absolute atomic E-state index is 0.683. The Morgan fingerprint density at radius 2 is 1.83 bits per heavy atom. The van der Waals surface area contributed by atoms with Gasteiger partial charge in [0.2, 0.25) is 0 Å². The van der Waals surface area contributed by atoms with Crippen molar-refractivity contribution in [1.82, 2.24) is 4.90 Å². The lowest BCUT2D eigenvalue weighted by atomic mass is 10.1. The Hall–Kier alpha value is -1.02. The molecule has 1 aliphatic rings. The SMILES string of the molecule is CN(C)Cc1cccc(NC2CCCCCC2)c1. The van der Waals surface area contributed by atoms with E-state index in [2.05, 4.69) is 48.6 Å². The fraction of sp³-hybridized carbons (Fsp3) is 0.625. The van der Waals surface area contributed by atoms with Crippen molar-refractivity contribution in [3.05, 3.63) is 29.8 Å². The van der Waals surface area contributed by atoms with Gasteiger partial charge >= 0.3 is 0 Å². The van der Waals surface area contributed by atoms with Crippen LogP contribution in [0.4, 0.5) is 5.69 Å². The van der Waals surface area contributed by atoms with Crippen LogP contribution in [0.3, 0.4) is 0 Å². The summed E-state index contributed by atoms with van der Waals surface area (Å²) in [5.41, 5.74) is 2.68. The van der Waals surface area contributed by atoms with Crippen LogP contribution in [-0.4, -0.2) is 25.0 Å². The van der Waals surface area contributed by atoms with E-state index in [1.54, 1.807) is 0 Å². The molecule has 1 aromatic carbocycles. The molecule has 0 amide bonds. The second kappa shape index (κ2) is 6.79. The third-order valence-electron chi connectivity index (χ3n) is 3.65. The van der Waals surface area contributed by atoms with E-state index in [9.17, 15) is 0 Å². The van der Waals surface area contributed by atoms with E-state index in [4.69, 9.17) is 0 Å². The van der Waals surface area contributed by atoms with Crippen LogP contribution in [0, 0.1) is 0 Å². The van der Waals surface area contributed by atoms with Gasteiger partial charge in [0.1, 0.15) is 0 Å².